The third-order valence-corrected chi connectivity index (χ3v) is 10.4. The van der Waals surface area contributed by atoms with Crippen molar-refractivity contribution in [2.75, 3.05) is 0 Å². The molecule has 0 radical (unpaired) electrons. The van der Waals surface area contributed by atoms with E-state index in [4.69, 9.17) is 11.1 Å². The van der Waals surface area contributed by atoms with Crippen LogP contribution in [0, 0.1) is 6.92 Å². The molecule has 0 heterocycles. The van der Waals surface area contributed by atoms with Crippen LogP contribution in [0.3, 0.4) is 0 Å². The van der Waals surface area contributed by atoms with Crippen LogP contribution in [-0.4, -0.2) is 7.38 Å². The molecule has 0 aliphatic rings. The van der Waals surface area contributed by atoms with Crippen LogP contribution in [0.15, 0.2) is 72.8 Å². The fourth-order valence-electron chi connectivity index (χ4n) is 3.47. The standard InChI is InChI=1S/C23H25ClSi/c1-4-19-15-20(5-2)17-22(16-19)25(24,21-12-7-6-8-13-21)23-14-10-9-11-18(23)3/h6-17H,4-5H2,1-3H3. The maximum absolute atomic E-state index is 7.62. The summed E-state index contributed by atoms with van der Waals surface area (Å²) < 4.78 is 0. The lowest BCUT2D eigenvalue weighted by Gasteiger charge is -2.29. The summed E-state index contributed by atoms with van der Waals surface area (Å²) in [6, 6.07) is 26.2. The van der Waals surface area contributed by atoms with Crippen LogP contribution in [0.2, 0.25) is 0 Å². The summed E-state index contributed by atoms with van der Waals surface area (Å²) in [5.41, 5.74) is 4.01. The molecule has 1 unspecified atom stereocenters. The molecule has 0 saturated heterocycles. The monoisotopic (exact) mass is 364 g/mol. The van der Waals surface area contributed by atoms with Crippen LogP contribution in [-0.2, 0) is 12.8 Å². The first-order valence-corrected chi connectivity index (χ1v) is 12.0. The van der Waals surface area contributed by atoms with Gasteiger partial charge < -0.3 is 0 Å². The lowest BCUT2D eigenvalue weighted by molar-refractivity contribution is 1.09. The van der Waals surface area contributed by atoms with E-state index in [2.05, 4.69) is 93.6 Å². The first-order valence-electron chi connectivity index (χ1n) is 9.03. The van der Waals surface area contributed by atoms with Gasteiger partial charge in [0.1, 0.15) is 0 Å². The molecule has 1 atom stereocenters. The van der Waals surface area contributed by atoms with E-state index in [0.29, 0.717) is 0 Å². The molecule has 0 bridgehead atoms. The third kappa shape index (κ3) is 3.44. The Hall–Kier alpha value is -1.83. The predicted molar refractivity (Wildman–Crippen MR) is 113 cm³/mol. The summed E-state index contributed by atoms with van der Waals surface area (Å²) >= 11 is 7.62. The molecule has 0 spiro atoms. The predicted octanol–water partition coefficient (Wildman–Crippen LogP) is 4.33. The third-order valence-electron chi connectivity index (χ3n) is 4.95. The maximum Gasteiger partial charge on any atom is 0.248 e. The van der Waals surface area contributed by atoms with Crippen molar-refractivity contribution in [2.45, 2.75) is 33.6 Å². The van der Waals surface area contributed by atoms with Gasteiger partial charge in [0.25, 0.3) is 0 Å². The van der Waals surface area contributed by atoms with E-state index < -0.39 is 7.38 Å². The summed E-state index contributed by atoms with van der Waals surface area (Å²) in [7, 11) is -2.55. The lowest BCUT2D eigenvalue weighted by atomic mass is 10.1. The van der Waals surface area contributed by atoms with Crippen molar-refractivity contribution in [1.82, 2.24) is 0 Å². The first kappa shape index (κ1) is 18.0. The highest BCUT2D eigenvalue weighted by molar-refractivity contribution is 7.40. The largest absolute Gasteiger partial charge is 0.248 e. The van der Waals surface area contributed by atoms with Crippen LogP contribution in [0.5, 0.6) is 0 Å². The molecule has 3 aromatic carbocycles. The van der Waals surface area contributed by atoms with Crippen LogP contribution >= 0.6 is 11.1 Å². The highest BCUT2D eigenvalue weighted by Crippen LogP contribution is 2.17. The van der Waals surface area contributed by atoms with Gasteiger partial charge in [-0.3, -0.25) is 0 Å². The van der Waals surface area contributed by atoms with Crippen molar-refractivity contribution in [3.63, 3.8) is 0 Å². The number of hydrogen-bond acceptors (Lipinski definition) is 0. The topological polar surface area (TPSA) is 0 Å². The summed E-state index contributed by atoms with van der Waals surface area (Å²) in [6.07, 6.45) is 2.07. The second kappa shape index (κ2) is 7.59. The van der Waals surface area contributed by atoms with Gasteiger partial charge in [-0.15, -0.1) is 11.1 Å². The van der Waals surface area contributed by atoms with E-state index in [0.717, 1.165) is 12.8 Å². The summed E-state index contributed by atoms with van der Waals surface area (Å²) in [4.78, 5) is 0. The number of aryl methyl sites for hydroxylation is 3. The van der Waals surface area contributed by atoms with E-state index in [1.807, 2.05) is 0 Å². The summed E-state index contributed by atoms with van der Waals surface area (Å²) in [5.74, 6) is 0. The molecule has 0 aliphatic carbocycles. The van der Waals surface area contributed by atoms with Gasteiger partial charge in [0.2, 0.25) is 7.38 Å². The molecule has 3 rings (SSSR count). The van der Waals surface area contributed by atoms with Crippen molar-refractivity contribution < 1.29 is 0 Å². The molecular formula is C23H25ClSi. The van der Waals surface area contributed by atoms with Crippen molar-refractivity contribution in [3.05, 3.63) is 89.5 Å². The molecule has 0 amide bonds. The second-order valence-corrected chi connectivity index (χ2v) is 11.3. The Balaban J connectivity index is 2.32. The molecule has 25 heavy (non-hydrogen) atoms. The van der Waals surface area contributed by atoms with Gasteiger partial charge in [0.05, 0.1) is 0 Å². The molecule has 0 aliphatic heterocycles. The Kier molecular flexibility index (Phi) is 5.46. The first-order chi connectivity index (χ1) is 12.1. The Morgan fingerprint density at radius 1 is 0.720 bits per heavy atom. The van der Waals surface area contributed by atoms with Crippen LogP contribution in [0.25, 0.3) is 0 Å². The average molecular weight is 365 g/mol. The Morgan fingerprint density at radius 3 is 1.84 bits per heavy atom. The van der Waals surface area contributed by atoms with Gasteiger partial charge in [-0.2, -0.15) is 0 Å². The van der Waals surface area contributed by atoms with Crippen LogP contribution in [0.1, 0.15) is 30.5 Å². The number of hydrogen-bond donors (Lipinski definition) is 0. The SMILES string of the molecule is CCc1cc(CC)cc([Si](Cl)(c2ccccc2)c2ccccc2C)c1. The quantitative estimate of drug-likeness (QED) is 0.359. The lowest BCUT2D eigenvalue weighted by Crippen LogP contribution is -2.63. The van der Waals surface area contributed by atoms with Gasteiger partial charge in [0, 0.05) is 0 Å². The fraction of sp³-hybridized carbons (Fsp3) is 0.217. The van der Waals surface area contributed by atoms with E-state index in [-0.39, 0.29) is 0 Å². The van der Waals surface area contributed by atoms with E-state index >= 15 is 0 Å². The highest BCUT2D eigenvalue weighted by Gasteiger charge is 2.39. The van der Waals surface area contributed by atoms with Gasteiger partial charge in [-0.1, -0.05) is 86.6 Å². The zero-order valence-corrected chi connectivity index (χ0v) is 17.0. The molecule has 0 nitrogen and oxygen atoms in total. The number of halogens is 1. The Morgan fingerprint density at radius 2 is 1.28 bits per heavy atom. The highest BCUT2D eigenvalue weighted by atomic mass is 35.6. The number of rotatable bonds is 5. The summed E-state index contributed by atoms with van der Waals surface area (Å²) in [6.45, 7) is 6.60. The van der Waals surface area contributed by atoms with E-state index in [9.17, 15) is 0 Å². The van der Waals surface area contributed by atoms with Gasteiger partial charge in [-0.05, 0) is 52.0 Å². The van der Waals surface area contributed by atoms with Gasteiger partial charge in [-0.25, -0.2) is 0 Å². The van der Waals surface area contributed by atoms with Crippen molar-refractivity contribution in [1.29, 1.82) is 0 Å². The normalized spacial score (nSPS) is 13.4. The summed E-state index contributed by atoms with van der Waals surface area (Å²) in [5, 5.41) is 3.84. The molecule has 0 saturated carbocycles. The van der Waals surface area contributed by atoms with Crippen LogP contribution in [0.4, 0.5) is 0 Å². The minimum atomic E-state index is -2.55. The minimum absolute atomic E-state index is 1.03. The van der Waals surface area contributed by atoms with Gasteiger partial charge >= 0.3 is 0 Å². The Labute approximate surface area is 157 Å². The average Bonchev–Trinajstić information content (AvgIpc) is 2.68. The molecule has 0 N–H and O–H groups in total. The minimum Gasteiger partial charge on any atom is -0.149 e. The number of benzene rings is 3. The zero-order valence-electron chi connectivity index (χ0n) is 15.2. The smallest absolute Gasteiger partial charge is 0.149 e. The molecule has 0 aromatic heterocycles. The maximum atomic E-state index is 7.62. The Bertz CT molecular complexity index is 835. The van der Waals surface area contributed by atoms with Gasteiger partial charge in [0.15, 0.2) is 0 Å². The molecule has 0 fully saturated rings. The van der Waals surface area contributed by atoms with E-state index in [1.54, 1.807) is 0 Å². The van der Waals surface area contributed by atoms with Crippen molar-refractivity contribution in [2.24, 2.45) is 0 Å². The van der Waals surface area contributed by atoms with Crippen molar-refractivity contribution >= 4 is 34.0 Å². The fourth-order valence-corrected chi connectivity index (χ4v) is 8.14. The second-order valence-electron chi connectivity index (χ2n) is 6.58. The zero-order chi connectivity index (χ0) is 17.9. The van der Waals surface area contributed by atoms with Crippen molar-refractivity contribution in [3.8, 4) is 0 Å². The molecule has 2 heteroatoms. The molecular weight excluding hydrogens is 340 g/mol. The van der Waals surface area contributed by atoms with Crippen LogP contribution < -0.4 is 15.6 Å². The molecule has 3 aromatic rings. The molecule has 128 valence electrons. The van der Waals surface area contributed by atoms with E-state index in [1.165, 1.54) is 32.3 Å².